The highest BCUT2D eigenvalue weighted by atomic mass is 32.2. The van der Waals surface area contributed by atoms with E-state index < -0.39 is 10.0 Å². The first-order valence-electron chi connectivity index (χ1n) is 7.66. The number of fused-ring (bicyclic) bond motifs is 1. The molecular weight excluding hydrogens is 282 g/mol. The van der Waals surface area contributed by atoms with Crippen LogP contribution < -0.4 is 0 Å². The highest BCUT2D eigenvalue weighted by Gasteiger charge is 2.41. The first-order chi connectivity index (χ1) is 10.2. The van der Waals surface area contributed by atoms with Crippen LogP contribution in [0.2, 0.25) is 0 Å². The van der Waals surface area contributed by atoms with E-state index in [1.54, 1.807) is 10.4 Å². The Kier molecular flexibility index (Phi) is 3.05. The van der Waals surface area contributed by atoms with Crippen molar-refractivity contribution in [1.29, 1.82) is 0 Å². The molecule has 21 heavy (non-hydrogen) atoms. The van der Waals surface area contributed by atoms with Crippen LogP contribution in [0.25, 0.3) is 10.8 Å². The molecule has 0 aliphatic heterocycles. The maximum absolute atomic E-state index is 13.1. The molecule has 2 aliphatic rings. The van der Waals surface area contributed by atoms with Crippen molar-refractivity contribution in [3.05, 3.63) is 42.5 Å². The smallest absolute Gasteiger partial charge is 0.207 e. The molecule has 3 nitrogen and oxygen atoms in total. The Bertz CT molecular complexity index is 771. The van der Waals surface area contributed by atoms with E-state index in [0.717, 1.165) is 23.6 Å². The molecular formula is C17H19NO2S. The molecule has 0 radical (unpaired) electrons. The van der Waals surface area contributed by atoms with Gasteiger partial charge in [-0.2, -0.15) is 4.31 Å². The molecule has 0 spiro atoms. The first kappa shape index (κ1) is 13.3. The molecule has 0 N–H and O–H groups in total. The van der Waals surface area contributed by atoms with Crippen molar-refractivity contribution in [2.75, 3.05) is 6.54 Å². The average Bonchev–Trinajstić information content (AvgIpc) is 3.37. The summed E-state index contributed by atoms with van der Waals surface area (Å²) in [5.74, 6) is 0.579. The van der Waals surface area contributed by atoms with Crippen LogP contribution >= 0.6 is 0 Å². The van der Waals surface area contributed by atoms with Crippen LogP contribution in [-0.2, 0) is 10.0 Å². The summed E-state index contributed by atoms with van der Waals surface area (Å²) in [6.45, 7) is 0.705. The van der Waals surface area contributed by atoms with Gasteiger partial charge in [-0.15, -0.1) is 0 Å². The van der Waals surface area contributed by atoms with Crippen molar-refractivity contribution in [3.8, 4) is 0 Å². The van der Waals surface area contributed by atoms with Crippen LogP contribution in [0.15, 0.2) is 47.4 Å². The van der Waals surface area contributed by atoms with Crippen LogP contribution in [0.1, 0.15) is 25.7 Å². The predicted octanol–water partition coefficient (Wildman–Crippen LogP) is 3.40. The van der Waals surface area contributed by atoms with Crippen LogP contribution in [-0.4, -0.2) is 25.3 Å². The number of hydrogen-bond donors (Lipinski definition) is 0. The second-order valence-corrected chi connectivity index (χ2v) is 8.09. The number of benzene rings is 2. The third kappa shape index (κ3) is 2.47. The quantitative estimate of drug-likeness (QED) is 0.849. The molecule has 0 atom stereocenters. The molecule has 110 valence electrons. The van der Waals surface area contributed by atoms with Gasteiger partial charge in [0.15, 0.2) is 0 Å². The Labute approximate surface area is 125 Å². The highest BCUT2D eigenvalue weighted by Crippen LogP contribution is 2.39. The molecule has 4 heteroatoms. The molecule has 0 saturated heterocycles. The molecule has 2 saturated carbocycles. The molecule has 0 heterocycles. The Morgan fingerprint density at radius 1 is 0.952 bits per heavy atom. The van der Waals surface area contributed by atoms with Gasteiger partial charge in [-0.1, -0.05) is 36.4 Å². The first-order valence-corrected chi connectivity index (χ1v) is 9.10. The van der Waals surface area contributed by atoms with Crippen molar-refractivity contribution < 1.29 is 8.42 Å². The van der Waals surface area contributed by atoms with Crippen molar-refractivity contribution in [2.45, 2.75) is 36.6 Å². The second kappa shape index (κ2) is 4.82. The van der Waals surface area contributed by atoms with E-state index in [9.17, 15) is 8.42 Å². The third-order valence-electron chi connectivity index (χ3n) is 4.43. The Balaban J connectivity index is 1.81. The topological polar surface area (TPSA) is 37.4 Å². The molecule has 4 rings (SSSR count). The largest absolute Gasteiger partial charge is 0.243 e. The Morgan fingerprint density at radius 3 is 2.38 bits per heavy atom. The van der Waals surface area contributed by atoms with Crippen LogP contribution in [0.5, 0.6) is 0 Å². The minimum Gasteiger partial charge on any atom is -0.207 e. The maximum atomic E-state index is 13.1. The minimum atomic E-state index is -3.39. The summed E-state index contributed by atoms with van der Waals surface area (Å²) in [4.78, 5) is 0.466. The summed E-state index contributed by atoms with van der Waals surface area (Å²) in [5, 5.41) is 1.82. The van der Waals surface area contributed by atoms with E-state index in [0.29, 0.717) is 17.4 Å². The van der Waals surface area contributed by atoms with Gasteiger partial charge in [0.2, 0.25) is 10.0 Å². The van der Waals surface area contributed by atoms with Crippen molar-refractivity contribution in [2.24, 2.45) is 5.92 Å². The van der Waals surface area contributed by atoms with Gasteiger partial charge in [0.05, 0.1) is 4.90 Å². The fourth-order valence-electron chi connectivity index (χ4n) is 2.91. The lowest BCUT2D eigenvalue weighted by Gasteiger charge is -2.22. The van der Waals surface area contributed by atoms with Gasteiger partial charge in [-0.3, -0.25) is 0 Å². The van der Waals surface area contributed by atoms with Gasteiger partial charge in [0, 0.05) is 18.0 Å². The zero-order valence-electron chi connectivity index (χ0n) is 11.9. The molecule has 0 aromatic heterocycles. The number of sulfonamides is 1. The standard InChI is InChI=1S/C17H19NO2S/c19-21(20,18(15-10-11-15)12-13-8-9-13)17-7-3-5-14-4-1-2-6-16(14)17/h1-7,13,15H,8-12H2. The molecule has 0 amide bonds. The highest BCUT2D eigenvalue weighted by molar-refractivity contribution is 7.89. The number of rotatable bonds is 5. The number of hydrogen-bond acceptors (Lipinski definition) is 2. The van der Waals surface area contributed by atoms with Crippen molar-refractivity contribution >= 4 is 20.8 Å². The predicted molar refractivity (Wildman–Crippen MR) is 83.6 cm³/mol. The summed E-state index contributed by atoms with van der Waals surface area (Å²) in [6.07, 6.45) is 4.37. The summed E-state index contributed by atoms with van der Waals surface area (Å²) in [5.41, 5.74) is 0. The van der Waals surface area contributed by atoms with Crippen LogP contribution in [0.4, 0.5) is 0 Å². The fraction of sp³-hybridized carbons (Fsp3) is 0.412. The molecule has 2 fully saturated rings. The van der Waals surface area contributed by atoms with Crippen molar-refractivity contribution in [1.82, 2.24) is 4.31 Å². The van der Waals surface area contributed by atoms with Gasteiger partial charge >= 0.3 is 0 Å². The Morgan fingerprint density at radius 2 is 1.67 bits per heavy atom. The van der Waals surface area contributed by atoms with Gasteiger partial charge in [0.1, 0.15) is 0 Å². The lowest BCUT2D eigenvalue weighted by molar-refractivity contribution is 0.389. The Hall–Kier alpha value is -1.39. The normalized spacial score (nSPS) is 19.3. The average molecular weight is 301 g/mol. The summed E-state index contributed by atoms with van der Waals surface area (Å²) >= 11 is 0. The summed E-state index contributed by atoms with van der Waals surface area (Å²) < 4.78 is 28.0. The summed E-state index contributed by atoms with van der Waals surface area (Å²) in [7, 11) is -3.39. The second-order valence-electron chi connectivity index (χ2n) is 6.23. The van der Waals surface area contributed by atoms with E-state index in [1.807, 2.05) is 36.4 Å². The lowest BCUT2D eigenvalue weighted by Crippen LogP contribution is -2.35. The SMILES string of the molecule is O=S(=O)(c1cccc2ccccc12)N(CC1CC1)C1CC1. The maximum Gasteiger partial charge on any atom is 0.243 e. The lowest BCUT2D eigenvalue weighted by atomic mass is 10.1. The van der Waals surface area contributed by atoms with E-state index in [1.165, 1.54) is 12.8 Å². The molecule has 0 unspecified atom stereocenters. The van der Waals surface area contributed by atoms with E-state index >= 15 is 0 Å². The number of nitrogens with zero attached hydrogens (tertiary/aromatic N) is 1. The van der Waals surface area contributed by atoms with Gasteiger partial charge < -0.3 is 0 Å². The molecule has 2 aromatic rings. The fourth-order valence-corrected chi connectivity index (χ4v) is 4.89. The monoisotopic (exact) mass is 301 g/mol. The zero-order chi connectivity index (χ0) is 14.4. The van der Waals surface area contributed by atoms with Crippen LogP contribution in [0, 0.1) is 5.92 Å². The summed E-state index contributed by atoms with van der Waals surface area (Å²) in [6, 6.07) is 13.5. The van der Waals surface area contributed by atoms with E-state index in [-0.39, 0.29) is 6.04 Å². The molecule has 2 aromatic carbocycles. The third-order valence-corrected chi connectivity index (χ3v) is 6.40. The minimum absolute atomic E-state index is 0.231. The van der Waals surface area contributed by atoms with Crippen molar-refractivity contribution in [3.63, 3.8) is 0 Å². The van der Waals surface area contributed by atoms with Crippen LogP contribution in [0.3, 0.4) is 0 Å². The molecule has 2 aliphatic carbocycles. The van der Waals surface area contributed by atoms with E-state index in [2.05, 4.69) is 0 Å². The van der Waals surface area contributed by atoms with Gasteiger partial charge in [-0.05, 0) is 43.1 Å². The molecule has 0 bridgehead atoms. The zero-order valence-corrected chi connectivity index (χ0v) is 12.7. The van der Waals surface area contributed by atoms with Gasteiger partial charge in [-0.25, -0.2) is 8.42 Å². The van der Waals surface area contributed by atoms with Gasteiger partial charge in [0.25, 0.3) is 0 Å². The van der Waals surface area contributed by atoms with E-state index in [4.69, 9.17) is 0 Å².